The van der Waals surface area contributed by atoms with Crippen LogP contribution in [0.3, 0.4) is 0 Å². The number of aromatic nitrogens is 3. The van der Waals surface area contributed by atoms with Gasteiger partial charge in [-0.3, -0.25) is 0 Å². The van der Waals surface area contributed by atoms with E-state index in [-0.39, 0.29) is 0 Å². The molecule has 0 saturated carbocycles. The molecular formula is C19H20ClN5O. The molecule has 2 aromatic heterocycles. The smallest absolute Gasteiger partial charge is 0.259 e. The summed E-state index contributed by atoms with van der Waals surface area (Å²) in [4.78, 5) is 13.7. The fourth-order valence-electron chi connectivity index (χ4n) is 3.06. The highest BCUT2D eigenvalue weighted by molar-refractivity contribution is 6.30. The fraction of sp³-hybridized carbons (Fsp3) is 0.316. The van der Waals surface area contributed by atoms with Crippen LogP contribution in [0.5, 0.6) is 0 Å². The van der Waals surface area contributed by atoms with Gasteiger partial charge in [0, 0.05) is 36.4 Å². The first-order chi connectivity index (χ1) is 12.7. The quantitative estimate of drug-likeness (QED) is 0.703. The molecule has 3 aromatic rings. The highest BCUT2D eigenvalue weighted by Gasteiger charge is 2.15. The van der Waals surface area contributed by atoms with Gasteiger partial charge in [0.05, 0.1) is 5.56 Å². The standard InChI is InChI=1S/C19H20ClN5O/c1-24-8-3-9-25(11-10-24)17-7-6-15(13-21-17)19-22-18(23-26-19)14-4-2-5-16(20)12-14/h2,4-7,12-13H,3,8-11H2,1H3. The van der Waals surface area contributed by atoms with Gasteiger partial charge in [0.15, 0.2) is 0 Å². The Morgan fingerprint density at radius 1 is 1.04 bits per heavy atom. The SMILES string of the molecule is CN1CCCN(c2ccc(-c3nc(-c4cccc(Cl)c4)no3)cn2)CC1. The summed E-state index contributed by atoms with van der Waals surface area (Å²) in [6, 6.07) is 11.4. The van der Waals surface area contributed by atoms with Crippen LogP contribution < -0.4 is 4.90 Å². The predicted molar refractivity (Wildman–Crippen MR) is 102 cm³/mol. The minimum absolute atomic E-state index is 0.453. The Morgan fingerprint density at radius 3 is 2.77 bits per heavy atom. The van der Waals surface area contributed by atoms with E-state index in [0.717, 1.165) is 49.5 Å². The summed E-state index contributed by atoms with van der Waals surface area (Å²) >= 11 is 6.03. The van der Waals surface area contributed by atoms with E-state index >= 15 is 0 Å². The molecule has 1 fully saturated rings. The van der Waals surface area contributed by atoms with Crippen molar-refractivity contribution in [3.63, 3.8) is 0 Å². The Hall–Kier alpha value is -2.44. The third-order valence-electron chi connectivity index (χ3n) is 4.55. The highest BCUT2D eigenvalue weighted by atomic mass is 35.5. The number of pyridine rings is 1. The van der Waals surface area contributed by atoms with Crippen molar-refractivity contribution in [2.75, 3.05) is 38.1 Å². The number of nitrogens with zero attached hydrogens (tertiary/aromatic N) is 5. The van der Waals surface area contributed by atoms with Crippen LogP contribution in [-0.2, 0) is 0 Å². The number of hydrogen-bond acceptors (Lipinski definition) is 6. The van der Waals surface area contributed by atoms with Crippen molar-refractivity contribution >= 4 is 17.4 Å². The number of anilines is 1. The molecule has 3 heterocycles. The minimum atomic E-state index is 0.453. The number of likely N-dealkylation sites (N-methyl/N-ethyl adjacent to an activating group) is 1. The Morgan fingerprint density at radius 2 is 1.96 bits per heavy atom. The zero-order chi connectivity index (χ0) is 17.9. The summed E-state index contributed by atoms with van der Waals surface area (Å²) in [7, 11) is 2.16. The predicted octanol–water partition coefficient (Wildman–Crippen LogP) is 3.59. The second-order valence-corrected chi connectivity index (χ2v) is 6.92. The summed E-state index contributed by atoms with van der Waals surface area (Å²) in [6.45, 7) is 4.19. The van der Waals surface area contributed by atoms with E-state index in [0.29, 0.717) is 16.7 Å². The van der Waals surface area contributed by atoms with Crippen molar-refractivity contribution in [3.8, 4) is 22.8 Å². The second-order valence-electron chi connectivity index (χ2n) is 6.48. The molecule has 1 aliphatic rings. The number of benzene rings is 1. The van der Waals surface area contributed by atoms with Crippen LogP contribution in [0, 0.1) is 0 Å². The Kier molecular flexibility index (Phi) is 4.86. The maximum Gasteiger partial charge on any atom is 0.259 e. The molecule has 134 valence electrons. The van der Waals surface area contributed by atoms with Crippen molar-refractivity contribution in [3.05, 3.63) is 47.6 Å². The van der Waals surface area contributed by atoms with Gasteiger partial charge < -0.3 is 14.3 Å². The summed E-state index contributed by atoms with van der Waals surface area (Å²) < 4.78 is 5.40. The summed E-state index contributed by atoms with van der Waals surface area (Å²) in [5, 5.41) is 4.69. The van der Waals surface area contributed by atoms with Crippen LogP contribution in [0.2, 0.25) is 5.02 Å². The van der Waals surface area contributed by atoms with Crippen LogP contribution >= 0.6 is 11.6 Å². The average molecular weight is 370 g/mol. The number of halogens is 1. The topological polar surface area (TPSA) is 58.3 Å². The van der Waals surface area contributed by atoms with E-state index in [4.69, 9.17) is 16.1 Å². The molecule has 1 aliphatic heterocycles. The average Bonchev–Trinajstić information content (AvgIpc) is 3.05. The zero-order valence-electron chi connectivity index (χ0n) is 14.6. The summed E-state index contributed by atoms with van der Waals surface area (Å²) in [6.07, 6.45) is 2.94. The van der Waals surface area contributed by atoms with E-state index in [1.54, 1.807) is 6.20 Å². The van der Waals surface area contributed by atoms with Crippen LogP contribution in [-0.4, -0.2) is 53.3 Å². The molecule has 26 heavy (non-hydrogen) atoms. The van der Waals surface area contributed by atoms with Gasteiger partial charge in [-0.2, -0.15) is 4.98 Å². The van der Waals surface area contributed by atoms with E-state index < -0.39 is 0 Å². The van der Waals surface area contributed by atoms with Crippen LogP contribution in [0.15, 0.2) is 47.1 Å². The molecule has 0 atom stereocenters. The number of hydrogen-bond donors (Lipinski definition) is 0. The largest absolute Gasteiger partial charge is 0.355 e. The molecule has 7 heteroatoms. The van der Waals surface area contributed by atoms with Crippen molar-refractivity contribution in [1.82, 2.24) is 20.0 Å². The van der Waals surface area contributed by atoms with E-state index in [1.165, 1.54) is 0 Å². The third-order valence-corrected chi connectivity index (χ3v) is 4.78. The Bertz CT molecular complexity index is 880. The molecule has 0 N–H and O–H groups in total. The van der Waals surface area contributed by atoms with Crippen LogP contribution in [0.4, 0.5) is 5.82 Å². The first-order valence-corrected chi connectivity index (χ1v) is 9.06. The van der Waals surface area contributed by atoms with Crippen molar-refractivity contribution in [1.29, 1.82) is 0 Å². The van der Waals surface area contributed by atoms with E-state index in [9.17, 15) is 0 Å². The molecule has 0 amide bonds. The van der Waals surface area contributed by atoms with Gasteiger partial charge in [0.25, 0.3) is 5.89 Å². The molecule has 4 rings (SSSR count). The maximum absolute atomic E-state index is 6.03. The Labute approximate surface area is 157 Å². The highest BCUT2D eigenvalue weighted by Crippen LogP contribution is 2.25. The van der Waals surface area contributed by atoms with Crippen molar-refractivity contribution in [2.45, 2.75) is 6.42 Å². The fourth-order valence-corrected chi connectivity index (χ4v) is 3.25. The molecular weight excluding hydrogens is 350 g/mol. The lowest BCUT2D eigenvalue weighted by molar-refractivity contribution is 0.360. The lowest BCUT2D eigenvalue weighted by Gasteiger charge is -2.21. The molecule has 6 nitrogen and oxygen atoms in total. The monoisotopic (exact) mass is 369 g/mol. The summed E-state index contributed by atoms with van der Waals surface area (Å²) in [5.74, 6) is 1.95. The maximum atomic E-state index is 6.03. The van der Waals surface area contributed by atoms with Crippen LogP contribution in [0.1, 0.15) is 6.42 Å². The van der Waals surface area contributed by atoms with Gasteiger partial charge in [-0.05, 0) is 44.3 Å². The van der Waals surface area contributed by atoms with Crippen molar-refractivity contribution < 1.29 is 4.52 Å². The Balaban J connectivity index is 1.52. The normalized spacial score (nSPS) is 15.8. The van der Waals surface area contributed by atoms with E-state index in [2.05, 4.69) is 32.0 Å². The van der Waals surface area contributed by atoms with E-state index in [1.807, 2.05) is 36.4 Å². The van der Waals surface area contributed by atoms with Gasteiger partial charge in [-0.25, -0.2) is 4.98 Å². The third kappa shape index (κ3) is 3.71. The van der Waals surface area contributed by atoms with Gasteiger partial charge in [-0.15, -0.1) is 0 Å². The van der Waals surface area contributed by atoms with Crippen molar-refractivity contribution in [2.24, 2.45) is 0 Å². The molecule has 0 unspecified atom stereocenters. The van der Waals surface area contributed by atoms with Gasteiger partial charge >= 0.3 is 0 Å². The van der Waals surface area contributed by atoms with Gasteiger partial charge in [0.1, 0.15) is 5.82 Å². The first-order valence-electron chi connectivity index (χ1n) is 8.68. The first kappa shape index (κ1) is 17.0. The van der Waals surface area contributed by atoms with Gasteiger partial charge in [-0.1, -0.05) is 28.9 Å². The second kappa shape index (κ2) is 7.43. The van der Waals surface area contributed by atoms with Crippen LogP contribution in [0.25, 0.3) is 22.8 Å². The molecule has 0 spiro atoms. The molecule has 1 aromatic carbocycles. The molecule has 0 aliphatic carbocycles. The van der Waals surface area contributed by atoms with Gasteiger partial charge in [0.2, 0.25) is 5.82 Å². The lowest BCUT2D eigenvalue weighted by atomic mass is 10.2. The molecule has 0 bridgehead atoms. The lowest BCUT2D eigenvalue weighted by Crippen LogP contribution is -2.29. The molecule has 1 saturated heterocycles. The number of rotatable bonds is 3. The zero-order valence-corrected chi connectivity index (χ0v) is 15.4. The molecule has 0 radical (unpaired) electrons. The minimum Gasteiger partial charge on any atom is -0.355 e. The summed E-state index contributed by atoms with van der Waals surface area (Å²) in [5.41, 5.74) is 1.63.